The van der Waals surface area contributed by atoms with Gasteiger partial charge >= 0.3 is 0 Å². The third-order valence-corrected chi connectivity index (χ3v) is 1.13. The maximum atomic E-state index is 10.9. The normalized spacial score (nSPS) is 9.18. The minimum atomic E-state index is -0.266. The molecule has 1 rings (SSSR count). The average Bonchev–Trinajstić information content (AvgIpc) is 2.05. The van der Waals surface area contributed by atoms with Crippen LogP contribution in [-0.2, 0) is 0 Å². The van der Waals surface area contributed by atoms with E-state index in [1.54, 1.807) is 0 Å². The zero-order valence-electron chi connectivity index (χ0n) is 6.03. The molecule has 1 aromatic heterocycles. The molecule has 0 radical (unpaired) electrons. The van der Waals surface area contributed by atoms with Crippen molar-refractivity contribution >= 4 is 11.7 Å². The van der Waals surface area contributed by atoms with Gasteiger partial charge in [0.2, 0.25) is 0 Å². The molecule has 5 nitrogen and oxygen atoms in total. The Balaban J connectivity index is 2.90. The highest BCUT2D eigenvalue weighted by Crippen LogP contribution is 1.94. The van der Waals surface area contributed by atoms with E-state index in [-0.39, 0.29) is 11.6 Å². The molecule has 1 amide bonds. The van der Waals surface area contributed by atoms with Gasteiger partial charge in [-0.15, -0.1) is 0 Å². The number of carbonyl (C=O) groups excluding carboxylic acids is 1. The van der Waals surface area contributed by atoms with Crippen molar-refractivity contribution in [3.05, 3.63) is 18.1 Å². The van der Waals surface area contributed by atoms with Crippen molar-refractivity contribution in [3.8, 4) is 0 Å². The van der Waals surface area contributed by atoms with E-state index in [2.05, 4.69) is 15.3 Å². The summed E-state index contributed by atoms with van der Waals surface area (Å²) in [5.74, 6) is 0.0372. The maximum absolute atomic E-state index is 10.9. The molecule has 11 heavy (non-hydrogen) atoms. The van der Waals surface area contributed by atoms with Crippen molar-refractivity contribution < 1.29 is 4.79 Å². The van der Waals surface area contributed by atoms with Crippen molar-refractivity contribution in [2.24, 2.45) is 0 Å². The first-order chi connectivity index (χ1) is 5.24. The molecule has 0 aliphatic heterocycles. The second-order valence-corrected chi connectivity index (χ2v) is 1.91. The third-order valence-electron chi connectivity index (χ3n) is 1.13. The van der Waals surface area contributed by atoms with Crippen LogP contribution < -0.4 is 11.1 Å². The van der Waals surface area contributed by atoms with Crippen molar-refractivity contribution in [2.75, 3.05) is 12.8 Å². The van der Waals surface area contributed by atoms with Gasteiger partial charge in [0.25, 0.3) is 5.91 Å². The Labute approximate surface area is 63.7 Å². The van der Waals surface area contributed by atoms with E-state index in [9.17, 15) is 4.79 Å². The Morgan fingerprint density at radius 2 is 2.27 bits per heavy atom. The second kappa shape index (κ2) is 2.96. The first-order valence-electron chi connectivity index (χ1n) is 3.03. The van der Waals surface area contributed by atoms with Crippen LogP contribution in [0.3, 0.4) is 0 Å². The first-order valence-corrected chi connectivity index (χ1v) is 3.03. The van der Waals surface area contributed by atoms with Gasteiger partial charge in [-0.3, -0.25) is 4.79 Å². The van der Waals surface area contributed by atoms with Crippen LogP contribution in [-0.4, -0.2) is 22.9 Å². The quantitative estimate of drug-likeness (QED) is 0.564. The van der Waals surface area contributed by atoms with Crippen molar-refractivity contribution in [1.29, 1.82) is 0 Å². The highest BCUT2D eigenvalue weighted by atomic mass is 16.1. The number of hydrogen-bond donors (Lipinski definition) is 2. The minimum absolute atomic E-state index is 0.265. The lowest BCUT2D eigenvalue weighted by Crippen LogP contribution is -2.19. The molecule has 0 saturated heterocycles. The molecule has 0 fully saturated rings. The smallest absolute Gasteiger partial charge is 0.271 e. The monoisotopic (exact) mass is 152 g/mol. The summed E-state index contributed by atoms with van der Waals surface area (Å²) < 4.78 is 0. The van der Waals surface area contributed by atoms with Gasteiger partial charge in [-0.2, -0.15) is 0 Å². The van der Waals surface area contributed by atoms with Gasteiger partial charge in [0.05, 0.1) is 12.4 Å². The Morgan fingerprint density at radius 3 is 2.73 bits per heavy atom. The number of anilines is 1. The number of amides is 1. The van der Waals surface area contributed by atoms with E-state index >= 15 is 0 Å². The molecule has 0 saturated carbocycles. The van der Waals surface area contributed by atoms with E-state index in [1.807, 2.05) is 0 Å². The number of carbonyl (C=O) groups is 1. The van der Waals surface area contributed by atoms with E-state index < -0.39 is 0 Å². The maximum Gasteiger partial charge on any atom is 0.271 e. The molecule has 1 aromatic rings. The number of nitrogens with zero attached hydrogens (tertiary/aromatic N) is 2. The van der Waals surface area contributed by atoms with E-state index in [0.29, 0.717) is 5.82 Å². The molecule has 0 aliphatic rings. The molecule has 58 valence electrons. The summed E-state index contributed by atoms with van der Waals surface area (Å²) in [6.07, 6.45) is 2.67. The van der Waals surface area contributed by atoms with Crippen LogP contribution in [0.4, 0.5) is 5.82 Å². The van der Waals surface area contributed by atoms with Crippen LogP contribution in [0.5, 0.6) is 0 Å². The van der Waals surface area contributed by atoms with Crippen LogP contribution in [0.25, 0.3) is 0 Å². The number of hydrogen-bond acceptors (Lipinski definition) is 4. The summed E-state index contributed by atoms with van der Waals surface area (Å²) in [4.78, 5) is 18.3. The Morgan fingerprint density at radius 1 is 1.55 bits per heavy atom. The van der Waals surface area contributed by atoms with Gasteiger partial charge in [-0.05, 0) is 0 Å². The van der Waals surface area contributed by atoms with Crippen molar-refractivity contribution in [3.63, 3.8) is 0 Å². The standard InChI is InChI=1S/C6H8N4O/c1-8-6(11)4-2-10-5(7)3-9-4/h2-3H,1H3,(H2,7,10)(H,8,11). The fourth-order valence-electron chi connectivity index (χ4n) is 0.583. The SMILES string of the molecule is CNC(=O)c1cnc(N)cn1. The topological polar surface area (TPSA) is 80.9 Å². The van der Waals surface area contributed by atoms with Crippen LogP contribution in [0.1, 0.15) is 10.5 Å². The summed E-state index contributed by atoms with van der Waals surface area (Å²) >= 11 is 0. The predicted molar refractivity (Wildman–Crippen MR) is 39.8 cm³/mol. The molecule has 3 N–H and O–H groups in total. The van der Waals surface area contributed by atoms with Gasteiger partial charge < -0.3 is 11.1 Å². The summed E-state index contributed by atoms with van der Waals surface area (Å²) in [7, 11) is 1.53. The molecule has 1 heterocycles. The molecule has 0 unspecified atom stereocenters. The lowest BCUT2D eigenvalue weighted by Gasteiger charge is -1.96. The van der Waals surface area contributed by atoms with Crippen molar-refractivity contribution in [1.82, 2.24) is 15.3 Å². The highest BCUT2D eigenvalue weighted by molar-refractivity contribution is 5.91. The van der Waals surface area contributed by atoms with Crippen LogP contribution in [0.15, 0.2) is 12.4 Å². The fourth-order valence-corrected chi connectivity index (χ4v) is 0.583. The molecule has 0 atom stereocenters. The Kier molecular flexibility index (Phi) is 2.00. The lowest BCUT2D eigenvalue weighted by atomic mass is 10.4. The summed E-state index contributed by atoms with van der Waals surface area (Å²) in [5.41, 5.74) is 5.53. The molecular weight excluding hydrogens is 144 g/mol. The second-order valence-electron chi connectivity index (χ2n) is 1.91. The molecule has 5 heteroatoms. The zero-order valence-corrected chi connectivity index (χ0v) is 6.03. The third kappa shape index (κ3) is 1.64. The molecule has 0 spiro atoms. The number of nitrogen functional groups attached to an aromatic ring is 1. The predicted octanol–water partition coefficient (Wildman–Crippen LogP) is -0.582. The lowest BCUT2D eigenvalue weighted by molar-refractivity contribution is 0.0958. The zero-order chi connectivity index (χ0) is 8.27. The summed E-state index contributed by atoms with van der Waals surface area (Å²) in [5, 5.41) is 2.42. The van der Waals surface area contributed by atoms with Gasteiger partial charge in [0, 0.05) is 7.05 Å². The summed E-state index contributed by atoms with van der Waals surface area (Å²) in [6.45, 7) is 0. The van der Waals surface area contributed by atoms with Crippen LogP contribution in [0, 0.1) is 0 Å². The first kappa shape index (κ1) is 7.46. The van der Waals surface area contributed by atoms with E-state index in [0.717, 1.165) is 0 Å². The largest absolute Gasteiger partial charge is 0.382 e. The Hall–Kier alpha value is -1.65. The van der Waals surface area contributed by atoms with E-state index in [1.165, 1.54) is 19.4 Å². The number of nitrogens with two attached hydrogens (primary N) is 1. The van der Waals surface area contributed by atoms with Crippen LogP contribution >= 0.6 is 0 Å². The van der Waals surface area contributed by atoms with Gasteiger partial charge in [0.15, 0.2) is 0 Å². The Bertz CT molecular complexity index is 256. The summed E-state index contributed by atoms with van der Waals surface area (Å²) in [6, 6.07) is 0. The molecular formula is C6H8N4O. The molecule has 0 aromatic carbocycles. The van der Waals surface area contributed by atoms with E-state index in [4.69, 9.17) is 5.73 Å². The van der Waals surface area contributed by atoms with Crippen molar-refractivity contribution in [2.45, 2.75) is 0 Å². The van der Waals surface area contributed by atoms with Gasteiger partial charge in [0.1, 0.15) is 11.5 Å². The highest BCUT2D eigenvalue weighted by Gasteiger charge is 2.02. The number of aromatic nitrogens is 2. The molecule has 0 aliphatic carbocycles. The average molecular weight is 152 g/mol. The van der Waals surface area contributed by atoms with Crippen LogP contribution in [0.2, 0.25) is 0 Å². The van der Waals surface area contributed by atoms with Gasteiger partial charge in [-0.1, -0.05) is 0 Å². The van der Waals surface area contributed by atoms with Gasteiger partial charge in [-0.25, -0.2) is 9.97 Å². The minimum Gasteiger partial charge on any atom is -0.382 e. The fraction of sp³-hybridized carbons (Fsp3) is 0.167. The number of nitrogens with one attached hydrogen (secondary N) is 1. The number of rotatable bonds is 1. The molecule has 0 bridgehead atoms.